The zero-order chi connectivity index (χ0) is 13.7. The van der Waals surface area contributed by atoms with Crippen molar-refractivity contribution in [1.82, 2.24) is 0 Å². The summed E-state index contributed by atoms with van der Waals surface area (Å²) < 4.78 is 18.6. The normalized spacial score (nSPS) is 10.3. The molecule has 100 valence electrons. The predicted octanol–water partition coefficient (Wildman–Crippen LogP) is 4.49. The van der Waals surface area contributed by atoms with Crippen molar-refractivity contribution in [2.45, 2.75) is 13.5 Å². The van der Waals surface area contributed by atoms with Crippen LogP contribution in [0.25, 0.3) is 0 Å². The molecule has 0 heterocycles. The Kier molecular flexibility index (Phi) is 4.63. The SMILES string of the molecule is CCOc1cccc(CNc2cc(F)cc(Cl)c2)c1. The van der Waals surface area contributed by atoms with E-state index in [1.807, 2.05) is 31.2 Å². The van der Waals surface area contributed by atoms with E-state index in [1.165, 1.54) is 12.1 Å². The van der Waals surface area contributed by atoms with E-state index < -0.39 is 0 Å². The van der Waals surface area contributed by atoms with Crippen LogP contribution in [0.4, 0.5) is 10.1 Å². The summed E-state index contributed by atoms with van der Waals surface area (Å²) in [5, 5.41) is 3.51. The molecule has 2 aromatic carbocycles. The molecule has 4 heteroatoms. The lowest BCUT2D eigenvalue weighted by Gasteiger charge is -2.09. The van der Waals surface area contributed by atoms with E-state index in [-0.39, 0.29) is 5.82 Å². The third kappa shape index (κ3) is 4.14. The molecule has 1 N–H and O–H groups in total. The van der Waals surface area contributed by atoms with Gasteiger partial charge in [-0.2, -0.15) is 0 Å². The lowest BCUT2D eigenvalue weighted by atomic mass is 10.2. The molecule has 0 aliphatic rings. The van der Waals surface area contributed by atoms with Gasteiger partial charge in [0.25, 0.3) is 0 Å². The summed E-state index contributed by atoms with van der Waals surface area (Å²) in [7, 11) is 0. The summed E-state index contributed by atoms with van der Waals surface area (Å²) in [4.78, 5) is 0. The van der Waals surface area contributed by atoms with Crippen molar-refractivity contribution in [3.8, 4) is 5.75 Å². The minimum Gasteiger partial charge on any atom is -0.494 e. The molecule has 2 nitrogen and oxygen atoms in total. The highest BCUT2D eigenvalue weighted by atomic mass is 35.5. The first kappa shape index (κ1) is 13.7. The van der Waals surface area contributed by atoms with Crippen LogP contribution in [0.1, 0.15) is 12.5 Å². The van der Waals surface area contributed by atoms with Gasteiger partial charge in [-0.1, -0.05) is 23.7 Å². The molecule has 0 saturated carbocycles. The van der Waals surface area contributed by atoms with E-state index in [1.54, 1.807) is 6.07 Å². The number of benzene rings is 2. The number of ether oxygens (including phenoxy) is 1. The average Bonchev–Trinajstić information content (AvgIpc) is 2.36. The Morgan fingerprint density at radius 3 is 2.79 bits per heavy atom. The molecule has 0 aliphatic heterocycles. The fourth-order valence-electron chi connectivity index (χ4n) is 1.77. The van der Waals surface area contributed by atoms with Crippen molar-refractivity contribution in [2.75, 3.05) is 11.9 Å². The molecule has 0 saturated heterocycles. The van der Waals surface area contributed by atoms with Gasteiger partial charge in [-0.3, -0.25) is 0 Å². The van der Waals surface area contributed by atoms with Gasteiger partial charge in [-0.15, -0.1) is 0 Å². The van der Waals surface area contributed by atoms with Crippen LogP contribution in [0.5, 0.6) is 5.75 Å². The first-order valence-corrected chi connectivity index (χ1v) is 6.47. The second kappa shape index (κ2) is 6.43. The number of hydrogen-bond acceptors (Lipinski definition) is 2. The zero-order valence-corrected chi connectivity index (χ0v) is 11.4. The molecule has 0 amide bonds. The van der Waals surface area contributed by atoms with E-state index in [0.717, 1.165) is 11.3 Å². The molecule has 0 bridgehead atoms. The van der Waals surface area contributed by atoms with Crippen LogP contribution in [0.15, 0.2) is 42.5 Å². The Balaban J connectivity index is 2.03. The largest absolute Gasteiger partial charge is 0.494 e. The lowest BCUT2D eigenvalue weighted by Crippen LogP contribution is -2.00. The quantitative estimate of drug-likeness (QED) is 0.871. The van der Waals surface area contributed by atoms with E-state index in [2.05, 4.69) is 5.32 Å². The van der Waals surface area contributed by atoms with Crippen molar-refractivity contribution in [3.05, 3.63) is 58.9 Å². The molecule has 0 spiro atoms. The average molecular weight is 280 g/mol. The van der Waals surface area contributed by atoms with Crippen molar-refractivity contribution < 1.29 is 9.13 Å². The summed E-state index contributed by atoms with van der Waals surface area (Å²) in [5.74, 6) is 0.483. The minimum absolute atomic E-state index is 0.349. The van der Waals surface area contributed by atoms with Gasteiger partial charge in [-0.25, -0.2) is 4.39 Å². The molecule has 2 aromatic rings. The Morgan fingerprint density at radius 2 is 2.05 bits per heavy atom. The summed E-state index contributed by atoms with van der Waals surface area (Å²) in [6.07, 6.45) is 0. The number of nitrogens with one attached hydrogen (secondary N) is 1. The Hall–Kier alpha value is -1.74. The van der Waals surface area contributed by atoms with Gasteiger partial charge in [-0.05, 0) is 42.8 Å². The maximum atomic E-state index is 13.2. The summed E-state index contributed by atoms with van der Waals surface area (Å²) in [6.45, 7) is 3.16. The Labute approximate surface area is 117 Å². The third-order valence-corrected chi connectivity index (χ3v) is 2.79. The lowest BCUT2D eigenvalue weighted by molar-refractivity contribution is 0.340. The fraction of sp³-hybridized carbons (Fsp3) is 0.200. The molecule has 2 rings (SSSR count). The fourth-order valence-corrected chi connectivity index (χ4v) is 1.99. The van der Waals surface area contributed by atoms with Gasteiger partial charge < -0.3 is 10.1 Å². The van der Waals surface area contributed by atoms with Gasteiger partial charge >= 0.3 is 0 Å². The second-order valence-corrected chi connectivity index (χ2v) is 4.53. The van der Waals surface area contributed by atoms with Crippen molar-refractivity contribution >= 4 is 17.3 Å². The first-order chi connectivity index (χ1) is 9.17. The Bertz CT molecular complexity index is 539. The Morgan fingerprint density at radius 1 is 1.21 bits per heavy atom. The van der Waals surface area contributed by atoms with Crippen LogP contribution >= 0.6 is 11.6 Å². The number of halogens is 2. The number of hydrogen-bond donors (Lipinski definition) is 1. The summed E-state index contributed by atoms with van der Waals surface area (Å²) >= 11 is 5.80. The van der Waals surface area contributed by atoms with E-state index in [0.29, 0.717) is 23.9 Å². The molecule has 0 unspecified atom stereocenters. The topological polar surface area (TPSA) is 21.3 Å². The van der Waals surface area contributed by atoms with Gasteiger partial charge in [0.05, 0.1) is 6.61 Å². The van der Waals surface area contributed by atoms with E-state index in [9.17, 15) is 4.39 Å². The molecule has 0 fully saturated rings. The molecule has 0 atom stereocenters. The van der Waals surface area contributed by atoms with E-state index >= 15 is 0 Å². The monoisotopic (exact) mass is 279 g/mol. The van der Waals surface area contributed by atoms with Gasteiger partial charge in [0.15, 0.2) is 0 Å². The van der Waals surface area contributed by atoms with Crippen LogP contribution in [-0.4, -0.2) is 6.61 Å². The molecular formula is C15H15ClFNO. The first-order valence-electron chi connectivity index (χ1n) is 6.09. The predicted molar refractivity (Wildman–Crippen MR) is 76.3 cm³/mol. The van der Waals surface area contributed by atoms with Crippen molar-refractivity contribution in [1.29, 1.82) is 0 Å². The van der Waals surface area contributed by atoms with Gasteiger partial charge in [0.2, 0.25) is 0 Å². The highest BCUT2D eigenvalue weighted by Crippen LogP contribution is 2.19. The highest BCUT2D eigenvalue weighted by molar-refractivity contribution is 6.30. The van der Waals surface area contributed by atoms with Crippen molar-refractivity contribution in [2.24, 2.45) is 0 Å². The second-order valence-electron chi connectivity index (χ2n) is 4.09. The third-order valence-electron chi connectivity index (χ3n) is 2.57. The van der Waals surface area contributed by atoms with Gasteiger partial charge in [0, 0.05) is 17.3 Å². The van der Waals surface area contributed by atoms with Crippen LogP contribution in [0, 0.1) is 5.82 Å². The van der Waals surface area contributed by atoms with Gasteiger partial charge in [0.1, 0.15) is 11.6 Å². The van der Waals surface area contributed by atoms with Crippen LogP contribution in [-0.2, 0) is 6.54 Å². The van der Waals surface area contributed by atoms with Crippen LogP contribution in [0.2, 0.25) is 5.02 Å². The molecule has 19 heavy (non-hydrogen) atoms. The standard InChI is InChI=1S/C15H15ClFNO/c1-2-19-15-5-3-4-11(6-15)10-18-14-8-12(16)7-13(17)9-14/h3-9,18H,2,10H2,1H3. The summed E-state index contributed by atoms with van der Waals surface area (Å²) in [5.41, 5.74) is 1.72. The van der Waals surface area contributed by atoms with Crippen LogP contribution < -0.4 is 10.1 Å². The van der Waals surface area contributed by atoms with E-state index in [4.69, 9.17) is 16.3 Å². The highest BCUT2D eigenvalue weighted by Gasteiger charge is 2.00. The summed E-state index contributed by atoms with van der Waals surface area (Å²) in [6, 6.07) is 12.2. The smallest absolute Gasteiger partial charge is 0.126 e. The maximum Gasteiger partial charge on any atom is 0.126 e. The van der Waals surface area contributed by atoms with Crippen molar-refractivity contribution in [3.63, 3.8) is 0 Å². The minimum atomic E-state index is -0.349. The molecule has 0 aromatic heterocycles. The molecular weight excluding hydrogens is 265 g/mol. The maximum absolute atomic E-state index is 13.2. The zero-order valence-electron chi connectivity index (χ0n) is 10.6. The number of anilines is 1. The molecule has 0 aliphatic carbocycles. The van der Waals surface area contributed by atoms with Crippen LogP contribution in [0.3, 0.4) is 0 Å². The number of rotatable bonds is 5. The molecule has 0 radical (unpaired) electrons.